The molecule has 1 N–H and O–H groups in total. The number of aromatic nitrogens is 2. The zero-order chi connectivity index (χ0) is 17.1. The van der Waals surface area contributed by atoms with Crippen LogP contribution < -0.4 is 5.32 Å². The maximum absolute atomic E-state index is 12.3. The summed E-state index contributed by atoms with van der Waals surface area (Å²) in [5.74, 6) is 0.224. The number of nitrogens with zero attached hydrogens (tertiary/aromatic N) is 2. The molecular formula is C17H12BrCl2N3O. The van der Waals surface area contributed by atoms with Crippen LogP contribution in [0.25, 0.3) is 0 Å². The molecule has 4 nitrogen and oxygen atoms in total. The fraction of sp³-hybridized carbons (Fsp3) is 0.0588. The smallest absolute Gasteiger partial charge is 0.258 e. The predicted octanol–water partition coefficient (Wildman–Crippen LogP) is 5.25. The molecule has 0 aliphatic heterocycles. The average molecular weight is 425 g/mol. The Morgan fingerprint density at radius 1 is 1.08 bits per heavy atom. The van der Waals surface area contributed by atoms with Crippen LogP contribution in [0.1, 0.15) is 15.9 Å². The summed E-state index contributed by atoms with van der Waals surface area (Å²) in [6.07, 6.45) is 1.76. The molecule has 3 rings (SSSR count). The number of halogens is 3. The summed E-state index contributed by atoms with van der Waals surface area (Å²) < 4.78 is 2.40. The van der Waals surface area contributed by atoms with E-state index in [0.29, 0.717) is 28.0 Å². The van der Waals surface area contributed by atoms with E-state index in [2.05, 4.69) is 26.3 Å². The quantitative estimate of drug-likeness (QED) is 0.621. The van der Waals surface area contributed by atoms with E-state index in [4.69, 9.17) is 23.2 Å². The number of hydrogen-bond acceptors (Lipinski definition) is 2. The van der Waals surface area contributed by atoms with E-state index in [-0.39, 0.29) is 5.91 Å². The monoisotopic (exact) mass is 423 g/mol. The maximum Gasteiger partial charge on any atom is 0.258 e. The minimum atomic E-state index is -0.233. The first-order valence-corrected chi connectivity index (χ1v) is 8.61. The molecule has 3 aromatic rings. The normalized spacial score (nSPS) is 10.6. The largest absolute Gasteiger partial charge is 0.305 e. The second-order valence-electron chi connectivity index (χ2n) is 5.03. The van der Waals surface area contributed by atoms with Gasteiger partial charge in [0.1, 0.15) is 0 Å². The predicted molar refractivity (Wildman–Crippen MR) is 99.9 cm³/mol. The summed E-state index contributed by atoms with van der Waals surface area (Å²) in [5, 5.41) is 8.26. The Morgan fingerprint density at radius 3 is 2.50 bits per heavy atom. The lowest BCUT2D eigenvalue weighted by Gasteiger charge is -2.07. The van der Waals surface area contributed by atoms with Crippen molar-refractivity contribution in [2.24, 2.45) is 0 Å². The van der Waals surface area contributed by atoms with Crippen molar-refractivity contribution < 1.29 is 4.79 Å². The molecule has 2 aromatic carbocycles. The molecular weight excluding hydrogens is 413 g/mol. The van der Waals surface area contributed by atoms with Gasteiger partial charge in [0.25, 0.3) is 5.91 Å². The Balaban J connectivity index is 1.74. The van der Waals surface area contributed by atoms with Gasteiger partial charge in [-0.3, -0.25) is 9.48 Å². The van der Waals surface area contributed by atoms with Gasteiger partial charge in [0, 0.05) is 32.3 Å². The Hall–Kier alpha value is -1.82. The van der Waals surface area contributed by atoms with Gasteiger partial charge < -0.3 is 5.32 Å². The molecule has 0 bridgehead atoms. The van der Waals surface area contributed by atoms with Crippen LogP contribution in [0.15, 0.2) is 59.2 Å². The van der Waals surface area contributed by atoms with Crippen molar-refractivity contribution >= 4 is 50.9 Å². The Morgan fingerprint density at radius 2 is 1.79 bits per heavy atom. The molecule has 0 aliphatic carbocycles. The van der Waals surface area contributed by atoms with E-state index in [1.807, 2.05) is 12.1 Å². The molecule has 1 heterocycles. The van der Waals surface area contributed by atoms with Crippen molar-refractivity contribution in [1.29, 1.82) is 0 Å². The Kier molecular flexibility index (Phi) is 5.23. The molecule has 7 heteroatoms. The molecule has 0 fully saturated rings. The third-order valence-corrected chi connectivity index (χ3v) is 4.78. The maximum atomic E-state index is 12.3. The van der Waals surface area contributed by atoms with Crippen molar-refractivity contribution in [2.45, 2.75) is 6.54 Å². The van der Waals surface area contributed by atoms with E-state index < -0.39 is 0 Å². The minimum Gasteiger partial charge on any atom is -0.305 e. The number of rotatable bonds is 4. The number of amides is 1. The Bertz CT molecular complexity index is 875. The molecule has 0 atom stereocenters. The van der Waals surface area contributed by atoms with Gasteiger partial charge in [0.05, 0.1) is 12.1 Å². The van der Waals surface area contributed by atoms with Gasteiger partial charge in [-0.05, 0) is 40.2 Å². The highest BCUT2D eigenvalue weighted by molar-refractivity contribution is 9.10. The highest BCUT2D eigenvalue weighted by atomic mass is 79.9. The molecule has 1 aromatic heterocycles. The van der Waals surface area contributed by atoms with Crippen LogP contribution in [-0.2, 0) is 6.54 Å². The first-order chi connectivity index (χ1) is 11.5. The summed E-state index contributed by atoms with van der Waals surface area (Å²) in [7, 11) is 0. The fourth-order valence-corrected chi connectivity index (χ4v) is 3.17. The van der Waals surface area contributed by atoms with E-state index in [1.165, 1.54) is 0 Å². The lowest BCUT2D eigenvalue weighted by atomic mass is 10.2. The number of anilines is 1. The van der Waals surface area contributed by atoms with Crippen molar-refractivity contribution in [3.05, 3.63) is 80.4 Å². The minimum absolute atomic E-state index is 0.233. The van der Waals surface area contributed by atoms with E-state index in [9.17, 15) is 4.79 Å². The van der Waals surface area contributed by atoms with Crippen LogP contribution in [0.4, 0.5) is 5.82 Å². The second-order valence-corrected chi connectivity index (χ2v) is 6.70. The summed E-state index contributed by atoms with van der Waals surface area (Å²) in [6.45, 7) is 0.420. The molecule has 0 aliphatic rings. The van der Waals surface area contributed by atoms with Gasteiger partial charge in [-0.1, -0.05) is 41.4 Å². The van der Waals surface area contributed by atoms with E-state index >= 15 is 0 Å². The molecule has 0 radical (unpaired) electrons. The lowest BCUT2D eigenvalue weighted by Crippen LogP contribution is -2.13. The van der Waals surface area contributed by atoms with Crippen LogP contribution in [0.2, 0.25) is 10.0 Å². The highest BCUT2D eigenvalue weighted by Gasteiger charge is 2.12. The van der Waals surface area contributed by atoms with Gasteiger partial charge >= 0.3 is 0 Å². The zero-order valence-electron chi connectivity index (χ0n) is 12.3. The molecule has 24 heavy (non-hydrogen) atoms. The molecule has 0 spiro atoms. The number of nitrogens with one attached hydrogen (secondary N) is 1. The number of benzene rings is 2. The van der Waals surface area contributed by atoms with Gasteiger partial charge in [-0.25, -0.2) is 0 Å². The van der Waals surface area contributed by atoms with Crippen LogP contribution in [0.5, 0.6) is 0 Å². The van der Waals surface area contributed by atoms with Crippen molar-refractivity contribution in [3.8, 4) is 0 Å². The first kappa shape index (κ1) is 17.0. The molecule has 0 unspecified atom stereocenters. The summed E-state index contributed by atoms with van der Waals surface area (Å²) in [6, 6.07) is 14.3. The van der Waals surface area contributed by atoms with Crippen molar-refractivity contribution in [1.82, 2.24) is 9.78 Å². The van der Waals surface area contributed by atoms with Crippen molar-refractivity contribution in [2.75, 3.05) is 5.32 Å². The second kappa shape index (κ2) is 7.38. The topological polar surface area (TPSA) is 46.9 Å². The van der Waals surface area contributed by atoms with Crippen LogP contribution in [0.3, 0.4) is 0 Å². The standard InChI is InChI=1S/C17H12BrCl2N3O/c18-13-5-2-1-4-11(13)17(24)21-16-8-9-23(22-16)10-12-14(19)6-3-7-15(12)20/h1-9H,10H2,(H,21,22,24). The summed E-state index contributed by atoms with van der Waals surface area (Å²) in [5.41, 5.74) is 1.33. The third-order valence-electron chi connectivity index (χ3n) is 3.38. The average Bonchev–Trinajstić information content (AvgIpc) is 2.98. The fourth-order valence-electron chi connectivity index (χ4n) is 2.19. The van der Waals surface area contributed by atoms with Gasteiger partial charge in [-0.2, -0.15) is 5.10 Å². The van der Waals surface area contributed by atoms with Gasteiger partial charge in [0.2, 0.25) is 0 Å². The van der Waals surface area contributed by atoms with E-state index in [0.717, 1.165) is 10.0 Å². The molecule has 122 valence electrons. The van der Waals surface area contributed by atoms with Crippen LogP contribution >= 0.6 is 39.1 Å². The van der Waals surface area contributed by atoms with Crippen LogP contribution in [0, 0.1) is 0 Å². The summed E-state index contributed by atoms with van der Waals surface area (Å²) in [4.78, 5) is 12.3. The lowest BCUT2D eigenvalue weighted by molar-refractivity contribution is 0.102. The third kappa shape index (κ3) is 3.80. The number of carbonyl (C=O) groups is 1. The van der Waals surface area contributed by atoms with Crippen LogP contribution in [-0.4, -0.2) is 15.7 Å². The Labute approximate surface area is 157 Å². The van der Waals surface area contributed by atoms with Gasteiger partial charge in [-0.15, -0.1) is 0 Å². The molecule has 1 amide bonds. The molecule has 0 saturated heterocycles. The number of carbonyl (C=O) groups excluding carboxylic acids is 1. The zero-order valence-corrected chi connectivity index (χ0v) is 15.4. The SMILES string of the molecule is O=C(Nc1ccn(Cc2c(Cl)cccc2Cl)n1)c1ccccc1Br. The summed E-state index contributed by atoms with van der Waals surface area (Å²) >= 11 is 15.7. The van der Waals surface area contributed by atoms with Gasteiger partial charge in [0.15, 0.2) is 5.82 Å². The molecule has 0 saturated carbocycles. The highest BCUT2D eigenvalue weighted by Crippen LogP contribution is 2.25. The first-order valence-electron chi connectivity index (χ1n) is 7.07. The van der Waals surface area contributed by atoms with E-state index in [1.54, 1.807) is 47.3 Å². The number of hydrogen-bond donors (Lipinski definition) is 1. The van der Waals surface area contributed by atoms with Crippen molar-refractivity contribution in [3.63, 3.8) is 0 Å².